The molecule has 1 aliphatic heterocycles. The van der Waals surface area contributed by atoms with E-state index >= 15 is 0 Å². The number of nitrogens with zero attached hydrogens (tertiary/aromatic N) is 3. The minimum absolute atomic E-state index is 0.459. The van der Waals surface area contributed by atoms with Crippen molar-refractivity contribution >= 4 is 16.7 Å². The maximum absolute atomic E-state index is 5.53. The van der Waals surface area contributed by atoms with Crippen molar-refractivity contribution in [3.8, 4) is 5.75 Å². The SMILES string of the molecule is COCc1nsc(N(C)Cc2ccc3c(c2)CCO3)n1. The zero-order chi connectivity index (χ0) is 13.9. The second-order valence-corrected chi connectivity index (χ2v) is 5.55. The van der Waals surface area contributed by atoms with Crippen LogP contribution in [0.15, 0.2) is 18.2 Å². The van der Waals surface area contributed by atoms with E-state index in [9.17, 15) is 0 Å². The molecule has 0 atom stereocenters. The smallest absolute Gasteiger partial charge is 0.205 e. The van der Waals surface area contributed by atoms with E-state index in [1.807, 2.05) is 7.05 Å². The number of rotatable bonds is 5. The average molecular weight is 291 g/mol. The number of hydrogen-bond acceptors (Lipinski definition) is 6. The van der Waals surface area contributed by atoms with Crippen LogP contribution < -0.4 is 9.64 Å². The molecular formula is C14H17N3O2S. The van der Waals surface area contributed by atoms with Crippen molar-refractivity contribution in [2.75, 3.05) is 25.7 Å². The van der Waals surface area contributed by atoms with Gasteiger partial charge in [0.25, 0.3) is 0 Å². The second-order valence-electron chi connectivity index (χ2n) is 4.82. The van der Waals surface area contributed by atoms with Crippen LogP contribution in [0.3, 0.4) is 0 Å². The predicted octanol–water partition coefficient (Wildman–Crippen LogP) is 2.26. The Kier molecular flexibility index (Phi) is 3.84. The zero-order valence-corrected chi connectivity index (χ0v) is 12.4. The fraction of sp³-hybridized carbons (Fsp3) is 0.429. The molecule has 1 aromatic heterocycles. The Hall–Kier alpha value is -1.66. The van der Waals surface area contributed by atoms with E-state index in [2.05, 4.69) is 32.5 Å². The molecule has 1 aliphatic rings. The molecule has 0 saturated carbocycles. The maximum atomic E-state index is 5.53. The second kappa shape index (κ2) is 5.76. The Bertz CT molecular complexity index is 600. The van der Waals surface area contributed by atoms with Gasteiger partial charge in [-0.05, 0) is 17.2 Å². The summed E-state index contributed by atoms with van der Waals surface area (Å²) < 4.78 is 14.8. The molecule has 0 saturated heterocycles. The molecule has 0 aliphatic carbocycles. The quantitative estimate of drug-likeness (QED) is 0.845. The van der Waals surface area contributed by atoms with Gasteiger partial charge in [0.2, 0.25) is 5.13 Å². The highest BCUT2D eigenvalue weighted by Gasteiger charge is 2.14. The first kappa shape index (κ1) is 13.3. The summed E-state index contributed by atoms with van der Waals surface area (Å²) in [4.78, 5) is 6.56. The molecular weight excluding hydrogens is 274 g/mol. The Morgan fingerprint density at radius 2 is 2.35 bits per heavy atom. The number of hydrogen-bond donors (Lipinski definition) is 0. The first-order chi connectivity index (χ1) is 9.76. The van der Waals surface area contributed by atoms with Crippen molar-refractivity contribution < 1.29 is 9.47 Å². The highest BCUT2D eigenvalue weighted by atomic mass is 32.1. The molecule has 2 heterocycles. The lowest BCUT2D eigenvalue weighted by Crippen LogP contribution is -2.16. The van der Waals surface area contributed by atoms with Gasteiger partial charge in [-0.3, -0.25) is 0 Å². The van der Waals surface area contributed by atoms with Gasteiger partial charge in [0.15, 0.2) is 5.82 Å². The van der Waals surface area contributed by atoms with Gasteiger partial charge >= 0.3 is 0 Å². The lowest BCUT2D eigenvalue weighted by molar-refractivity contribution is 0.179. The summed E-state index contributed by atoms with van der Waals surface area (Å²) in [6, 6.07) is 6.38. The van der Waals surface area contributed by atoms with Gasteiger partial charge in [-0.1, -0.05) is 12.1 Å². The molecule has 0 amide bonds. The van der Waals surface area contributed by atoms with E-state index in [0.717, 1.165) is 36.3 Å². The largest absolute Gasteiger partial charge is 0.493 e. The normalized spacial score (nSPS) is 13.1. The van der Waals surface area contributed by atoms with Crippen LogP contribution in [0, 0.1) is 0 Å². The van der Waals surface area contributed by atoms with Crippen LogP contribution in [0.1, 0.15) is 17.0 Å². The molecule has 5 nitrogen and oxygen atoms in total. The molecule has 2 aromatic rings. The maximum Gasteiger partial charge on any atom is 0.205 e. The van der Waals surface area contributed by atoms with Crippen molar-refractivity contribution in [3.63, 3.8) is 0 Å². The van der Waals surface area contributed by atoms with E-state index < -0.39 is 0 Å². The van der Waals surface area contributed by atoms with Gasteiger partial charge < -0.3 is 14.4 Å². The third kappa shape index (κ3) is 2.76. The van der Waals surface area contributed by atoms with E-state index in [1.165, 1.54) is 22.7 Å². The van der Waals surface area contributed by atoms with Crippen molar-refractivity contribution in [1.82, 2.24) is 9.36 Å². The minimum atomic E-state index is 0.459. The van der Waals surface area contributed by atoms with E-state index in [-0.39, 0.29) is 0 Å². The molecule has 0 fully saturated rings. The Morgan fingerprint density at radius 1 is 1.45 bits per heavy atom. The molecule has 3 rings (SSSR count). The van der Waals surface area contributed by atoms with E-state index in [4.69, 9.17) is 9.47 Å². The summed E-state index contributed by atoms with van der Waals surface area (Å²) in [5.41, 5.74) is 2.56. The molecule has 6 heteroatoms. The Morgan fingerprint density at radius 3 is 3.20 bits per heavy atom. The van der Waals surface area contributed by atoms with Gasteiger partial charge in [0.05, 0.1) is 6.61 Å². The lowest BCUT2D eigenvalue weighted by atomic mass is 10.1. The van der Waals surface area contributed by atoms with Crippen LogP contribution in [0.2, 0.25) is 0 Å². The monoisotopic (exact) mass is 291 g/mol. The lowest BCUT2D eigenvalue weighted by Gasteiger charge is -2.15. The van der Waals surface area contributed by atoms with Gasteiger partial charge in [0, 0.05) is 38.7 Å². The fourth-order valence-electron chi connectivity index (χ4n) is 2.27. The molecule has 0 bridgehead atoms. The summed E-state index contributed by atoms with van der Waals surface area (Å²) in [5.74, 6) is 1.76. The van der Waals surface area contributed by atoms with Crippen molar-refractivity contribution in [3.05, 3.63) is 35.2 Å². The number of ether oxygens (including phenoxy) is 2. The Balaban J connectivity index is 1.70. The minimum Gasteiger partial charge on any atom is -0.493 e. The number of aromatic nitrogens is 2. The fourth-order valence-corrected chi connectivity index (χ4v) is 2.90. The first-order valence-corrected chi connectivity index (χ1v) is 7.31. The van der Waals surface area contributed by atoms with Crippen LogP contribution in [-0.4, -0.2) is 30.1 Å². The third-order valence-corrected chi connectivity index (χ3v) is 4.10. The molecule has 106 valence electrons. The summed E-state index contributed by atoms with van der Waals surface area (Å²) in [6.45, 7) is 2.07. The summed E-state index contributed by atoms with van der Waals surface area (Å²) in [7, 11) is 3.68. The standard InChI is InChI=1S/C14H17N3O2S/c1-17(14-15-13(9-18-2)16-20-14)8-10-3-4-12-11(7-10)5-6-19-12/h3-4,7H,5-6,8-9H2,1-2H3. The van der Waals surface area contributed by atoms with E-state index in [0.29, 0.717) is 6.61 Å². The molecule has 1 aromatic carbocycles. The topological polar surface area (TPSA) is 47.5 Å². The molecule has 0 unspecified atom stereocenters. The van der Waals surface area contributed by atoms with Gasteiger partial charge in [-0.2, -0.15) is 4.37 Å². The molecule has 0 radical (unpaired) electrons. The first-order valence-electron chi connectivity index (χ1n) is 6.53. The summed E-state index contributed by atoms with van der Waals surface area (Å²) in [6.07, 6.45) is 1.00. The highest BCUT2D eigenvalue weighted by Crippen LogP contribution is 2.27. The van der Waals surface area contributed by atoms with Crippen LogP contribution >= 0.6 is 11.5 Å². The summed E-state index contributed by atoms with van der Waals surface area (Å²) >= 11 is 1.40. The number of anilines is 1. The molecule has 20 heavy (non-hydrogen) atoms. The van der Waals surface area contributed by atoms with Crippen LogP contribution in [0.5, 0.6) is 5.75 Å². The molecule has 0 spiro atoms. The van der Waals surface area contributed by atoms with E-state index in [1.54, 1.807) is 7.11 Å². The predicted molar refractivity (Wildman–Crippen MR) is 78.4 cm³/mol. The highest BCUT2D eigenvalue weighted by molar-refractivity contribution is 7.09. The number of methoxy groups -OCH3 is 1. The van der Waals surface area contributed by atoms with Crippen molar-refractivity contribution in [2.45, 2.75) is 19.6 Å². The summed E-state index contributed by atoms with van der Waals surface area (Å²) in [5, 5.41) is 0.911. The zero-order valence-electron chi connectivity index (χ0n) is 11.6. The molecule has 0 N–H and O–H groups in total. The van der Waals surface area contributed by atoms with Gasteiger partial charge in [0.1, 0.15) is 12.4 Å². The third-order valence-electron chi connectivity index (χ3n) is 3.23. The van der Waals surface area contributed by atoms with Gasteiger partial charge in [-0.25, -0.2) is 4.98 Å². The van der Waals surface area contributed by atoms with Gasteiger partial charge in [-0.15, -0.1) is 0 Å². The van der Waals surface area contributed by atoms with Crippen LogP contribution in [-0.2, 0) is 24.3 Å². The number of benzene rings is 1. The Labute approximate surface area is 122 Å². The van der Waals surface area contributed by atoms with Crippen molar-refractivity contribution in [1.29, 1.82) is 0 Å². The van der Waals surface area contributed by atoms with Crippen LogP contribution in [0.25, 0.3) is 0 Å². The number of fused-ring (bicyclic) bond motifs is 1. The van der Waals surface area contributed by atoms with Crippen molar-refractivity contribution in [2.24, 2.45) is 0 Å². The average Bonchev–Trinajstić information content (AvgIpc) is 3.07. The van der Waals surface area contributed by atoms with Crippen LogP contribution in [0.4, 0.5) is 5.13 Å².